The van der Waals surface area contributed by atoms with E-state index in [0.717, 1.165) is 5.56 Å². The van der Waals surface area contributed by atoms with Gasteiger partial charge in [0.1, 0.15) is 6.10 Å². The van der Waals surface area contributed by atoms with Gasteiger partial charge in [-0.05, 0) is 5.56 Å². The number of rotatable bonds is 4. The Morgan fingerprint density at radius 1 is 1.50 bits per heavy atom. The predicted molar refractivity (Wildman–Crippen MR) is 50.8 cm³/mol. The molecule has 1 N–H and O–H groups in total. The second kappa shape index (κ2) is 5.07. The van der Waals surface area contributed by atoms with Crippen molar-refractivity contribution < 1.29 is 14.7 Å². The van der Waals surface area contributed by atoms with E-state index in [4.69, 9.17) is 5.53 Å². The number of Topliss-reactive ketones (excluding diaryl/α,β-unsaturated/α-hetero) is 1. The quantitative estimate of drug-likeness (QED) is 0.425. The molecule has 0 saturated heterocycles. The number of aliphatic hydroxyl groups excluding tert-OH is 1. The number of aliphatic hydroxyl groups is 1. The molecule has 0 aliphatic carbocycles. The van der Waals surface area contributed by atoms with Crippen LogP contribution in [0.15, 0.2) is 30.3 Å². The summed E-state index contributed by atoms with van der Waals surface area (Å²) < 4.78 is 0. The van der Waals surface area contributed by atoms with Crippen LogP contribution in [0.4, 0.5) is 0 Å². The van der Waals surface area contributed by atoms with Crippen molar-refractivity contribution in [2.75, 3.05) is 0 Å². The summed E-state index contributed by atoms with van der Waals surface area (Å²) in [6.45, 7) is 0. The fourth-order valence-corrected chi connectivity index (χ4v) is 1.08. The van der Waals surface area contributed by atoms with Gasteiger partial charge >= 0.3 is 6.21 Å². The average Bonchev–Trinajstić information content (AvgIpc) is 2.19. The summed E-state index contributed by atoms with van der Waals surface area (Å²) >= 11 is 0. The maximum Gasteiger partial charge on any atom is 0.325 e. The molecule has 1 atom stereocenters. The van der Waals surface area contributed by atoms with Crippen LogP contribution >= 0.6 is 0 Å². The van der Waals surface area contributed by atoms with Gasteiger partial charge in [0.25, 0.3) is 5.78 Å². The standard InChI is InChI=1S/C10H10N2O2/c11-12-7-10(14)9(13)6-8-4-2-1-3-5-8/h1-5,7,9,13H,6H2/t9-/m0/s1. The van der Waals surface area contributed by atoms with Crippen molar-refractivity contribution in [1.29, 1.82) is 0 Å². The van der Waals surface area contributed by atoms with Crippen LogP contribution in [0.5, 0.6) is 0 Å². The first-order valence-electron chi connectivity index (χ1n) is 4.17. The molecular weight excluding hydrogens is 180 g/mol. The summed E-state index contributed by atoms with van der Waals surface area (Å²) in [6.07, 6.45) is -0.215. The van der Waals surface area contributed by atoms with E-state index >= 15 is 0 Å². The molecule has 0 bridgehead atoms. The van der Waals surface area contributed by atoms with Crippen LogP contribution in [-0.2, 0) is 11.2 Å². The molecule has 72 valence electrons. The monoisotopic (exact) mass is 190 g/mol. The fourth-order valence-electron chi connectivity index (χ4n) is 1.08. The predicted octanol–water partition coefficient (Wildman–Crippen LogP) is 0.460. The molecule has 1 aromatic carbocycles. The molecule has 1 aromatic rings. The largest absolute Gasteiger partial charge is 0.384 e. The third-order valence-electron chi connectivity index (χ3n) is 1.79. The topological polar surface area (TPSA) is 73.7 Å². The summed E-state index contributed by atoms with van der Waals surface area (Å²) in [6, 6.07) is 9.13. The first kappa shape index (κ1) is 10.3. The third-order valence-corrected chi connectivity index (χ3v) is 1.79. The van der Waals surface area contributed by atoms with E-state index in [9.17, 15) is 9.90 Å². The van der Waals surface area contributed by atoms with Gasteiger partial charge in [0.2, 0.25) is 0 Å². The average molecular weight is 190 g/mol. The van der Waals surface area contributed by atoms with E-state index in [2.05, 4.69) is 4.79 Å². The van der Waals surface area contributed by atoms with Crippen molar-refractivity contribution >= 4 is 12.0 Å². The Kier molecular flexibility index (Phi) is 3.73. The highest BCUT2D eigenvalue weighted by molar-refractivity contribution is 6.27. The van der Waals surface area contributed by atoms with Gasteiger partial charge in [-0.25, -0.2) is 0 Å². The zero-order chi connectivity index (χ0) is 10.4. The Morgan fingerprint density at radius 2 is 2.14 bits per heavy atom. The van der Waals surface area contributed by atoms with Gasteiger partial charge in [-0.3, -0.25) is 4.79 Å². The Bertz CT molecular complexity index is 356. The van der Waals surface area contributed by atoms with Crippen molar-refractivity contribution in [1.82, 2.24) is 0 Å². The number of ketones is 1. The highest BCUT2D eigenvalue weighted by atomic mass is 16.3. The third kappa shape index (κ3) is 2.94. The number of carbonyl (C=O) groups excluding carboxylic acids is 1. The molecule has 0 aromatic heterocycles. The number of hydrogen-bond donors (Lipinski definition) is 1. The zero-order valence-electron chi connectivity index (χ0n) is 7.50. The van der Waals surface area contributed by atoms with Gasteiger partial charge in [-0.15, -0.1) is 0 Å². The molecule has 0 unspecified atom stereocenters. The maximum atomic E-state index is 11.0. The lowest BCUT2D eigenvalue weighted by molar-refractivity contribution is -0.123. The Labute approximate surface area is 81.4 Å². The van der Waals surface area contributed by atoms with Gasteiger partial charge in [0.05, 0.1) is 0 Å². The van der Waals surface area contributed by atoms with Crippen LogP contribution in [0.2, 0.25) is 0 Å². The molecule has 4 heteroatoms. The lowest BCUT2D eigenvalue weighted by atomic mass is 10.1. The SMILES string of the molecule is [N-]=[N+]=CC(=O)[C@@H](O)Cc1ccccc1. The highest BCUT2D eigenvalue weighted by Crippen LogP contribution is 2.02. The summed E-state index contributed by atoms with van der Waals surface area (Å²) in [5, 5.41) is 9.35. The van der Waals surface area contributed by atoms with E-state index in [1.165, 1.54) is 0 Å². The van der Waals surface area contributed by atoms with Crippen LogP contribution in [-0.4, -0.2) is 28.0 Å². The normalized spacial score (nSPS) is 11.5. The molecule has 0 radical (unpaired) electrons. The van der Waals surface area contributed by atoms with E-state index < -0.39 is 11.9 Å². The van der Waals surface area contributed by atoms with Gasteiger partial charge in [0.15, 0.2) is 0 Å². The number of hydrogen-bond acceptors (Lipinski definition) is 2. The van der Waals surface area contributed by atoms with Gasteiger partial charge in [0, 0.05) is 6.42 Å². The zero-order valence-corrected chi connectivity index (χ0v) is 7.50. The first-order valence-corrected chi connectivity index (χ1v) is 4.17. The lowest BCUT2D eigenvalue weighted by Crippen LogP contribution is -2.24. The number of carbonyl (C=O) groups is 1. The van der Waals surface area contributed by atoms with Crippen LogP contribution in [0.1, 0.15) is 5.56 Å². The minimum Gasteiger partial charge on any atom is -0.384 e. The van der Waals surface area contributed by atoms with E-state index in [0.29, 0.717) is 6.21 Å². The Balaban J connectivity index is 2.61. The second-order valence-electron chi connectivity index (χ2n) is 2.85. The molecule has 0 saturated carbocycles. The van der Waals surface area contributed by atoms with E-state index in [1.807, 2.05) is 30.3 Å². The summed E-state index contributed by atoms with van der Waals surface area (Å²) in [4.78, 5) is 13.6. The fraction of sp³-hybridized carbons (Fsp3) is 0.200. The summed E-state index contributed by atoms with van der Waals surface area (Å²) in [5.74, 6) is -0.601. The summed E-state index contributed by atoms with van der Waals surface area (Å²) in [5.41, 5.74) is 8.95. The van der Waals surface area contributed by atoms with Gasteiger partial charge in [-0.1, -0.05) is 30.3 Å². The van der Waals surface area contributed by atoms with Crippen LogP contribution in [0, 0.1) is 0 Å². The number of nitrogens with zero attached hydrogens (tertiary/aromatic N) is 2. The number of benzene rings is 1. The van der Waals surface area contributed by atoms with Gasteiger partial charge < -0.3 is 10.6 Å². The smallest absolute Gasteiger partial charge is 0.325 e. The molecule has 0 amide bonds. The second-order valence-corrected chi connectivity index (χ2v) is 2.85. The summed E-state index contributed by atoms with van der Waals surface area (Å²) in [7, 11) is 0. The lowest BCUT2D eigenvalue weighted by Gasteiger charge is -2.03. The van der Waals surface area contributed by atoms with Crippen LogP contribution in [0.25, 0.3) is 5.53 Å². The van der Waals surface area contributed by atoms with E-state index in [1.54, 1.807) is 0 Å². The molecule has 14 heavy (non-hydrogen) atoms. The maximum absolute atomic E-state index is 11.0. The van der Waals surface area contributed by atoms with Crippen molar-refractivity contribution in [3.8, 4) is 0 Å². The molecule has 0 spiro atoms. The van der Waals surface area contributed by atoms with Crippen molar-refractivity contribution in [2.45, 2.75) is 12.5 Å². The minimum atomic E-state index is -1.15. The van der Waals surface area contributed by atoms with Crippen LogP contribution in [0.3, 0.4) is 0 Å². The highest BCUT2D eigenvalue weighted by Gasteiger charge is 2.16. The van der Waals surface area contributed by atoms with Gasteiger partial charge in [-0.2, -0.15) is 4.79 Å². The first-order chi connectivity index (χ1) is 6.74. The molecular formula is C10H10N2O2. The molecule has 0 aliphatic rings. The molecule has 0 aliphatic heterocycles. The van der Waals surface area contributed by atoms with E-state index in [-0.39, 0.29) is 6.42 Å². The van der Waals surface area contributed by atoms with Crippen molar-refractivity contribution in [3.63, 3.8) is 0 Å². The molecule has 0 fully saturated rings. The minimum absolute atomic E-state index is 0.228. The molecule has 1 rings (SSSR count). The van der Waals surface area contributed by atoms with Crippen molar-refractivity contribution in [2.24, 2.45) is 0 Å². The van der Waals surface area contributed by atoms with Crippen LogP contribution < -0.4 is 0 Å². The Hall–Kier alpha value is -1.77. The Morgan fingerprint density at radius 3 is 2.71 bits per heavy atom. The van der Waals surface area contributed by atoms with Crippen molar-refractivity contribution in [3.05, 3.63) is 41.4 Å². The molecule has 4 nitrogen and oxygen atoms in total. The molecule has 0 heterocycles.